The van der Waals surface area contributed by atoms with E-state index >= 15 is 0 Å². The molecule has 2 amide bonds. The van der Waals surface area contributed by atoms with E-state index in [1.807, 2.05) is 0 Å². The second-order valence-corrected chi connectivity index (χ2v) is 7.96. The molecular weight excluding hydrogens is 388 g/mol. The Kier molecular flexibility index (Phi) is 7.46. The Labute approximate surface area is 176 Å². The minimum atomic E-state index is -1.09. The molecule has 162 valence electrons. The summed E-state index contributed by atoms with van der Waals surface area (Å²) in [7, 11) is 2.84. The average Bonchev–Trinajstić information content (AvgIpc) is 2.75. The highest BCUT2D eigenvalue weighted by atomic mass is 16.6. The molecule has 0 fully saturated rings. The number of methoxy groups -OCH3 is 1. The Morgan fingerprint density at radius 3 is 2.60 bits per heavy atom. The Morgan fingerprint density at radius 1 is 1.30 bits per heavy atom. The van der Waals surface area contributed by atoms with E-state index in [-0.39, 0.29) is 19.6 Å². The fraction of sp³-hybridized carbons (Fsp3) is 0.500. The zero-order valence-electron chi connectivity index (χ0n) is 18.0. The Bertz CT molecular complexity index is 878. The van der Waals surface area contributed by atoms with Gasteiger partial charge in [0.2, 0.25) is 5.91 Å². The van der Waals surface area contributed by atoms with Gasteiger partial charge in [0.05, 0.1) is 25.8 Å². The van der Waals surface area contributed by atoms with Crippen molar-refractivity contribution >= 4 is 23.7 Å². The van der Waals surface area contributed by atoms with Crippen LogP contribution >= 0.6 is 0 Å². The SMILES string of the molecule is COC(=O)CC1C(=O)N(C)Cc2cc(C#CCCO)ccc2N1C(=O)OC(C)(C)C. The minimum absolute atomic E-state index is 0.0309. The number of amides is 2. The molecule has 1 N–H and O–H groups in total. The third kappa shape index (κ3) is 5.74. The molecular formula is C22H28N2O6. The highest BCUT2D eigenvalue weighted by molar-refractivity contribution is 6.01. The quantitative estimate of drug-likeness (QED) is 0.599. The summed E-state index contributed by atoms with van der Waals surface area (Å²) in [5.41, 5.74) is 1.08. The van der Waals surface area contributed by atoms with Crippen LogP contribution in [-0.2, 0) is 25.6 Å². The number of nitrogens with zero attached hydrogens (tertiary/aromatic N) is 2. The van der Waals surface area contributed by atoms with Gasteiger partial charge in [-0.3, -0.25) is 14.5 Å². The molecule has 1 aliphatic heterocycles. The van der Waals surface area contributed by atoms with Crippen LogP contribution in [0.4, 0.5) is 10.5 Å². The normalized spacial score (nSPS) is 16.2. The van der Waals surface area contributed by atoms with Crippen molar-refractivity contribution in [1.29, 1.82) is 0 Å². The summed E-state index contributed by atoms with van der Waals surface area (Å²) in [6.07, 6.45) is -0.669. The van der Waals surface area contributed by atoms with Gasteiger partial charge < -0.3 is 19.5 Å². The summed E-state index contributed by atoms with van der Waals surface area (Å²) in [6.45, 7) is 5.39. The first-order valence-corrected chi connectivity index (χ1v) is 9.64. The fourth-order valence-corrected chi connectivity index (χ4v) is 3.07. The number of aliphatic hydroxyl groups is 1. The number of carbonyl (C=O) groups excluding carboxylic acids is 3. The van der Waals surface area contributed by atoms with Crippen molar-refractivity contribution in [3.8, 4) is 11.8 Å². The van der Waals surface area contributed by atoms with E-state index in [1.165, 1.54) is 16.9 Å². The summed E-state index contributed by atoms with van der Waals surface area (Å²) in [5.74, 6) is 4.81. The van der Waals surface area contributed by atoms with Gasteiger partial charge in [-0.1, -0.05) is 11.8 Å². The van der Waals surface area contributed by atoms with E-state index in [4.69, 9.17) is 14.6 Å². The van der Waals surface area contributed by atoms with Gasteiger partial charge in [-0.2, -0.15) is 0 Å². The van der Waals surface area contributed by atoms with E-state index < -0.39 is 29.6 Å². The second kappa shape index (κ2) is 9.63. The molecule has 1 aliphatic rings. The van der Waals surface area contributed by atoms with Crippen LogP contribution in [0.1, 0.15) is 44.7 Å². The van der Waals surface area contributed by atoms with Gasteiger partial charge in [0.15, 0.2) is 0 Å². The molecule has 0 radical (unpaired) electrons. The number of ether oxygens (including phenoxy) is 2. The van der Waals surface area contributed by atoms with Crippen LogP contribution < -0.4 is 4.90 Å². The molecule has 1 aromatic rings. The highest BCUT2D eigenvalue weighted by Gasteiger charge is 2.40. The number of aliphatic hydroxyl groups excluding tert-OH is 1. The number of rotatable bonds is 3. The first kappa shape index (κ1) is 23.2. The molecule has 0 aromatic heterocycles. The summed E-state index contributed by atoms with van der Waals surface area (Å²) in [4.78, 5) is 40.8. The van der Waals surface area contributed by atoms with Crippen LogP contribution in [0.25, 0.3) is 0 Å². The predicted molar refractivity (Wildman–Crippen MR) is 111 cm³/mol. The van der Waals surface area contributed by atoms with Gasteiger partial charge in [-0.05, 0) is 44.5 Å². The third-order valence-electron chi connectivity index (χ3n) is 4.37. The van der Waals surface area contributed by atoms with Gasteiger partial charge in [0, 0.05) is 25.6 Å². The van der Waals surface area contributed by atoms with E-state index in [9.17, 15) is 14.4 Å². The molecule has 1 heterocycles. The van der Waals surface area contributed by atoms with E-state index in [2.05, 4.69) is 11.8 Å². The molecule has 8 nitrogen and oxygen atoms in total. The number of fused-ring (bicyclic) bond motifs is 1. The van der Waals surface area contributed by atoms with Crippen molar-refractivity contribution in [2.45, 2.75) is 51.8 Å². The smallest absolute Gasteiger partial charge is 0.415 e. The fourth-order valence-electron chi connectivity index (χ4n) is 3.07. The lowest BCUT2D eigenvalue weighted by atomic mass is 10.1. The number of anilines is 1. The van der Waals surface area contributed by atoms with Crippen LogP contribution in [-0.4, -0.2) is 60.4 Å². The molecule has 0 spiro atoms. The van der Waals surface area contributed by atoms with E-state index in [0.29, 0.717) is 23.2 Å². The lowest BCUT2D eigenvalue weighted by Crippen LogP contribution is -2.51. The van der Waals surface area contributed by atoms with Gasteiger partial charge in [-0.25, -0.2) is 4.79 Å². The number of benzene rings is 1. The minimum Gasteiger partial charge on any atom is -0.469 e. The van der Waals surface area contributed by atoms with Crippen LogP contribution in [0.2, 0.25) is 0 Å². The van der Waals surface area contributed by atoms with Crippen molar-refractivity contribution < 1.29 is 29.0 Å². The van der Waals surface area contributed by atoms with Crippen molar-refractivity contribution in [3.05, 3.63) is 29.3 Å². The zero-order chi connectivity index (χ0) is 22.5. The molecule has 0 aliphatic carbocycles. The average molecular weight is 416 g/mol. The van der Waals surface area contributed by atoms with Gasteiger partial charge in [0.25, 0.3) is 0 Å². The Hall–Kier alpha value is -3.05. The summed E-state index contributed by atoms with van der Waals surface area (Å²) >= 11 is 0. The number of hydrogen-bond donors (Lipinski definition) is 1. The zero-order valence-corrected chi connectivity index (χ0v) is 18.0. The summed E-state index contributed by atoms with van der Waals surface area (Å²) < 4.78 is 10.3. The number of hydrogen-bond acceptors (Lipinski definition) is 6. The van der Waals surface area contributed by atoms with Gasteiger partial charge in [-0.15, -0.1) is 0 Å². The molecule has 2 rings (SSSR count). The maximum atomic E-state index is 13.1. The molecule has 0 bridgehead atoms. The standard InChI is InChI=1S/C22H28N2O6/c1-22(2,3)30-21(28)24-17-10-9-15(8-6-7-11-25)12-16(17)14-23(4)20(27)18(24)13-19(26)29-5/h9-10,12,18,25H,7,11,13-14H2,1-5H3. The predicted octanol–water partition coefficient (Wildman–Crippen LogP) is 2.07. The molecule has 8 heteroatoms. The summed E-state index contributed by atoms with van der Waals surface area (Å²) in [5, 5.41) is 8.91. The van der Waals surface area contributed by atoms with Crippen LogP contribution in [0.15, 0.2) is 18.2 Å². The van der Waals surface area contributed by atoms with Crippen molar-refractivity contribution in [2.24, 2.45) is 0 Å². The Morgan fingerprint density at radius 2 is 2.00 bits per heavy atom. The first-order valence-electron chi connectivity index (χ1n) is 9.64. The topological polar surface area (TPSA) is 96.4 Å². The lowest BCUT2D eigenvalue weighted by molar-refractivity contribution is -0.144. The molecule has 1 atom stereocenters. The first-order chi connectivity index (χ1) is 14.1. The second-order valence-electron chi connectivity index (χ2n) is 7.96. The van der Waals surface area contributed by atoms with Gasteiger partial charge >= 0.3 is 12.1 Å². The molecule has 0 saturated heterocycles. The number of likely N-dealkylation sites (N-methyl/N-ethyl adjacent to an activating group) is 1. The van der Waals surface area contributed by atoms with Crippen molar-refractivity contribution in [2.75, 3.05) is 25.7 Å². The van der Waals surface area contributed by atoms with Crippen LogP contribution in [0, 0.1) is 11.8 Å². The van der Waals surface area contributed by atoms with E-state index in [0.717, 1.165) is 0 Å². The Balaban J connectivity index is 2.58. The van der Waals surface area contributed by atoms with E-state index in [1.54, 1.807) is 46.0 Å². The van der Waals surface area contributed by atoms with Crippen LogP contribution in [0.3, 0.4) is 0 Å². The molecule has 1 aromatic carbocycles. The molecule has 30 heavy (non-hydrogen) atoms. The number of esters is 1. The van der Waals surface area contributed by atoms with Crippen LogP contribution in [0.5, 0.6) is 0 Å². The van der Waals surface area contributed by atoms with Crippen molar-refractivity contribution in [1.82, 2.24) is 4.90 Å². The summed E-state index contributed by atoms with van der Waals surface area (Å²) in [6, 6.07) is 4.12. The highest BCUT2D eigenvalue weighted by Crippen LogP contribution is 2.32. The van der Waals surface area contributed by atoms with Crippen molar-refractivity contribution in [3.63, 3.8) is 0 Å². The maximum absolute atomic E-state index is 13.1. The maximum Gasteiger partial charge on any atom is 0.415 e. The lowest BCUT2D eigenvalue weighted by Gasteiger charge is -2.32. The molecule has 1 unspecified atom stereocenters. The molecule has 0 saturated carbocycles. The number of carbonyl (C=O) groups is 3. The largest absolute Gasteiger partial charge is 0.469 e. The van der Waals surface area contributed by atoms with Gasteiger partial charge in [0.1, 0.15) is 11.6 Å². The third-order valence-corrected chi connectivity index (χ3v) is 4.37. The monoisotopic (exact) mass is 416 g/mol.